The summed E-state index contributed by atoms with van der Waals surface area (Å²) >= 11 is 0. The van der Waals surface area contributed by atoms with Gasteiger partial charge in [0.2, 0.25) is 0 Å². The molecule has 3 heterocycles. The highest BCUT2D eigenvalue weighted by Crippen LogP contribution is 2.28. The number of anilines is 1. The Morgan fingerprint density at radius 1 is 1.12 bits per heavy atom. The number of piperazine rings is 1. The summed E-state index contributed by atoms with van der Waals surface area (Å²) in [5.74, 6) is 1.06. The third-order valence-corrected chi connectivity index (χ3v) is 4.78. The minimum atomic E-state index is -0.320. The van der Waals surface area contributed by atoms with Crippen molar-refractivity contribution in [1.82, 2.24) is 9.88 Å². The fraction of sp³-hybridized carbons (Fsp3) is 0.316. The molecule has 0 radical (unpaired) electrons. The first-order chi connectivity index (χ1) is 12.7. The van der Waals surface area contributed by atoms with Gasteiger partial charge in [0.15, 0.2) is 0 Å². The summed E-state index contributed by atoms with van der Waals surface area (Å²) in [4.78, 5) is 32.9. The lowest BCUT2D eigenvalue weighted by atomic mass is 10.1. The molecule has 7 nitrogen and oxygen atoms in total. The predicted octanol–water partition coefficient (Wildman–Crippen LogP) is 1.72. The molecule has 134 valence electrons. The quantitative estimate of drug-likeness (QED) is 0.783. The van der Waals surface area contributed by atoms with Gasteiger partial charge in [0.1, 0.15) is 23.7 Å². The number of benzene rings is 1. The second kappa shape index (κ2) is 6.67. The van der Waals surface area contributed by atoms with Crippen molar-refractivity contribution in [3.8, 4) is 5.75 Å². The van der Waals surface area contributed by atoms with Gasteiger partial charge >= 0.3 is 5.97 Å². The second-order valence-corrected chi connectivity index (χ2v) is 6.25. The maximum Gasteiger partial charge on any atom is 0.342 e. The average Bonchev–Trinajstić information content (AvgIpc) is 3.09. The fourth-order valence-corrected chi connectivity index (χ4v) is 3.32. The smallest absolute Gasteiger partial charge is 0.342 e. The number of methoxy groups -OCH3 is 1. The van der Waals surface area contributed by atoms with Crippen molar-refractivity contribution in [2.45, 2.75) is 6.61 Å². The van der Waals surface area contributed by atoms with Gasteiger partial charge in [-0.1, -0.05) is 0 Å². The molecule has 1 aromatic heterocycles. The molecule has 4 rings (SSSR count). The van der Waals surface area contributed by atoms with Crippen LogP contribution in [-0.2, 0) is 11.3 Å². The molecule has 0 N–H and O–H groups in total. The number of rotatable bonds is 3. The van der Waals surface area contributed by atoms with Crippen LogP contribution in [0.4, 0.5) is 5.82 Å². The van der Waals surface area contributed by atoms with Crippen molar-refractivity contribution in [3.63, 3.8) is 0 Å². The van der Waals surface area contributed by atoms with Crippen molar-refractivity contribution < 1.29 is 19.1 Å². The van der Waals surface area contributed by atoms with Crippen LogP contribution in [0.3, 0.4) is 0 Å². The molecular weight excluding hydrogens is 334 g/mol. The maximum absolute atomic E-state index is 12.7. The molecule has 26 heavy (non-hydrogen) atoms. The zero-order valence-corrected chi connectivity index (χ0v) is 14.5. The molecule has 0 unspecified atom stereocenters. The highest BCUT2D eigenvalue weighted by atomic mass is 16.5. The Hall–Kier alpha value is -3.09. The van der Waals surface area contributed by atoms with E-state index in [1.54, 1.807) is 37.6 Å². The number of pyridine rings is 1. The van der Waals surface area contributed by atoms with Crippen LogP contribution >= 0.6 is 0 Å². The van der Waals surface area contributed by atoms with Crippen molar-refractivity contribution in [2.75, 3.05) is 38.2 Å². The summed E-state index contributed by atoms with van der Waals surface area (Å²) in [7, 11) is 1.60. The number of hydrogen-bond donors (Lipinski definition) is 0. The number of aromatic nitrogens is 1. The van der Waals surface area contributed by atoms with Gasteiger partial charge in [0.25, 0.3) is 5.91 Å². The van der Waals surface area contributed by atoms with E-state index in [4.69, 9.17) is 9.47 Å². The summed E-state index contributed by atoms with van der Waals surface area (Å²) in [5.41, 5.74) is 2.07. The van der Waals surface area contributed by atoms with Gasteiger partial charge in [-0.15, -0.1) is 0 Å². The first-order valence-corrected chi connectivity index (χ1v) is 8.50. The third-order valence-electron chi connectivity index (χ3n) is 4.78. The Bertz CT molecular complexity index is 842. The molecule has 2 aromatic rings. The fourth-order valence-electron chi connectivity index (χ4n) is 3.32. The number of hydrogen-bond acceptors (Lipinski definition) is 6. The number of amides is 1. The zero-order chi connectivity index (χ0) is 18.1. The lowest BCUT2D eigenvalue weighted by Gasteiger charge is -2.35. The van der Waals surface area contributed by atoms with Crippen molar-refractivity contribution in [3.05, 3.63) is 53.2 Å². The minimum absolute atomic E-state index is 0.00189. The van der Waals surface area contributed by atoms with Gasteiger partial charge in [0, 0.05) is 43.5 Å². The van der Waals surface area contributed by atoms with E-state index in [1.807, 2.05) is 15.9 Å². The molecule has 2 aliphatic heterocycles. The van der Waals surface area contributed by atoms with E-state index in [0.29, 0.717) is 49.7 Å². The van der Waals surface area contributed by atoms with Gasteiger partial charge in [-0.25, -0.2) is 9.78 Å². The van der Waals surface area contributed by atoms with E-state index >= 15 is 0 Å². The Labute approximate surface area is 151 Å². The summed E-state index contributed by atoms with van der Waals surface area (Å²) in [5, 5.41) is 0. The topological polar surface area (TPSA) is 72.0 Å². The molecule has 1 fully saturated rings. The van der Waals surface area contributed by atoms with E-state index in [9.17, 15) is 9.59 Å². The number of fused-ring (bicyclic) bond motifs is 1. The second-order valence-electron chi connectivity index (χ2n) is 6.25. The standard InChI is InChI=1S/C19H19N3O4/c1-25-15-4-2-13(3-5-15)18(23)22-10-8-21(9-11-22)17-16-14(6-7-20-17)12-26-19(16)24/h2-7H,8-12H2,1H3. The molecule has 1 aromatic carbocycles. The summed E-state index contributed by atoms with van der Waals surface area (Å²) < 4.78 is 10.2. The summed E-state index contributed by atoms with van der Waals surface area (Å²) in [6.07, 6.45) is 1.70. The van der Waals surface area contributed by atoms with E-state index < -0.39 is 0 Å². The molecule has 0 aliphatic carbocycles. The first-order valence-electron chi connectivity index (χ1n) is 8.50. The Morgan fingerprint density at radius 2 is 1.85 bits per heavy atom. The zero-order valence-electron chi connectivity index (χ0n) is 14.5. The normalized spacial score (nSPS) is 16.3. The number of nitrogens with zero attached hydrogens (tertiary/aromatic N) is 3. The maximum atomic E-state index is 12.7. The van der Waals surface area contributed by atoms with Crippen LogP contribution in [0.1, 0.15) is 26.3 Å². The first kappa shape index (κ1) is 16.4. The minimum Gasteiger partial charge on any atom is -0.497 e. The SMILES string of the molecule is COc1ccc(C(=O)N2CCN(c3nccc4c3C(=O)OC4)CC2)cc1. The molecule has 0 atom stereocenters. The number of cyclic esters (lactones) is 1. The van der Waals surface area contributed by atoms with Gasteiger partial charge in [0.05, 0.1) is 7.11 Å². The molecule has 0 bridgehead atoms. The Morgan fingerprint density at radius 3 is 2.54 bits per heavy atom. The number of ether oxygens (including phenoxy) is 2. The highest BCUT2D eigenvalue weighted by molar-refractivity contribution is 5.98. The Balaban J connectivity index is 1.45. The number of esters is 1. The average molecular weight is 353 g/mol. The molecule has 2 aliphatic rings. The van der Waals surface area contributed by atoms with Gasteiger partial charge in [-0.05, 0) is 30.3 Å². The van der Waals surface area contributed by atoms with Gasteiger partial charge < -0.3 is 19.3 Å². The van der Waals surface area contributed by atoms with Crippen LogP contribution in [-0.4, -0.2) is 55.0 Å². The third kappa shape index (κ3) is 2.85. The molecule has 0 saturated carbocycles. The molecule has 1 amide bonds. The largest absolute Gasteiger partial charge is 0.497 e. The Kier molecular flexibility index (Phi) is 4.20. The summed E-state index contributed by atoms with van der Waals surface area (Å²) in [6.45, 7) is 2.70. The molecular formula is C19H19N3O4. The van der Waals surface area contributed by atoms with Crippen LogP contribution in [0.25, 0.3) is 0 Å². The van der Waals surface area contributed by atoms with Crippen molar-refractivity contribution in [2.24, 2.45) is 0 Å². The van der Waals surface area contributed by atoms with Crippen LogP contribution in [0.15, 0.2) is 36.5 Å². The lowest BCUT2D eigenvalue weighted by Crippen LogP contribution is -2.49. The van der Waals surface area contributed by atoms with Crippen LogP contribution in [0.2, 0.25) is 0 Å². The van der Waals surface area contributed by atoms with Crippen LogP contribution < -0.4 is 9.64 Å². The summed E-state index contributed by atoms with van der Waals surface area (Å²) in [6, 6.07) is 8.93. The van der Waals surface area contributed by atoms with Crippen LogP contribution in [0, 0.1) is 0 Å². The molecule has 7 heteroatoms. The van der Waals surface area contributed by atoms with Crippen LogP contribution in [0.5, 0.6) is 5.75 Å². The highest BCUT2D eigenvalue weighted by Gasteiger charge is 2.30. The lowest BCUT2D eigenvalue weighted by molar-refractivity contribution is 0.0534. The van der Waals surface area contributed by atoms with E-state index in [1.165, 1.54) is 0 Å². The van der Waals surface area contributed by atoms with E-state index in [0.717, 1.165) is 11.3 Å². The molecule has 1 saturated heterocycles. The van der Waals surface area contributed by atoms with E-state index in [2.05, 4.69) is 4.98 Å². The van der Waals surface area contributed by atoms with E-state index in [-0.39, 0.29) is 11.9 Å². The van der Waals surface area contributed by atoms with Gasteiger partial charge in [-0.3, -0.25) is 4.79 Å². The van der Waals surface area contributed by atoms with Crippen molar-refractivity contribution >= 4 is 17.7 Å². The number of carbonyl (C=O) groups is 2. The molecule has 0 spiro atoms. The monoisotopic (exact) mass is 353 g/mol. The van der Waals surface area contributed by atoms with Gasteiger partial charge in [-0.2, -0.15) is 0 Å². The predicted molar refractivity (Wildman–Crippen MR) is 94.5 cm³/mol. The number of carbonyl (C=O) groups excluding carboxylic acids is 2. The van der Waals surface area contributed by atoms with Crippen molar-refractivity contribution in [1.29, 1.82) is 0 Å².